The van der Waals surface area contributed by atoms with Crippen LogP contribution < -0.4 is 0 Å². The zero-order chi connectivity index (χ0) is 19.1. The quantitative estimate of drug-likeness (QED) is 0.375. The normalized spacial score (nSPS) is 18.8. The van der Waals surface area contributed by atoms with Gasteiger partial charge in [0.05, 0.1) is 0 Å². The van der Waals surface area contributed by atoms with Crippen LogP contribution in [0.1, 0.15) is 80.0 Å². The van der Waals surface area contributed by atoms with Gasteiger partial charge in [0.2, 0.25) is 0 Å². The zero-order valence-corrected chi connectivity index (χ0v) is 17.5. The third-order valence-electron chi connectivity index (χ3n) is 7.43. The van der Waals surface area contributed by atoms with Gasteiger partial charge >= 0.3 is 0 Å². The minimum Gasteiger partial charge on any atom is -0.0616 e. The molecule has 0 radical (unpaired) electrons. The molecule has 0 bridgehead atoms. The van der Waals surface area contributed by atoms with Crippen LogP contribution in [0.3, 0.4) is 0 Å². The predicted octanol–water partition coefficient (Wildman–Crippen LogP) is 8.25. The van der Waals surface area contributed by atoms with E-state index in [0.717, 1.165) is 0 Å². The number of hydrogen-bond donors (Lipinski definition) is 0. The first-order valence-corrected chi connectivity index (χ1v) is 11.3. The van der Waals surface area contributed by atoms with Crippen LogP contribution in [-0.2, 0) is 5.41 Å². The van der Waals surface area contributed by atoms with E-state index in [9.17, 15) is 0 Å². The van der Waals surface area contributed by atoms with Gasteiger partial charge in [-0.1, -0.05) is 99.0 Å². The maximum absolute atomic E-state index is 2.55. The third kappa shape index (κ3) is 2.72. The molecular formula is C28H32. The highest BCUT2D eigenvalue weighted by molar-refractivity contribution is 6.04. The van der Waals surface area contributed by atoms with Crippen molar-refractivity contribution in [1.82, 2.24) is 0 Å². The van der Waals surface area contributed by atoms with Crippen LogP contribution in [0.4, 0.5) is 0 Å². The molecule has 0 nitrogen and oxygen atoms in total. The van der Waals surface area contributed by atoms with Gasteiger partial charge in [0.25, 0.3) is 0 Å². The Morgan fingerprint density at radius 3 is 2.00 bits per heavy atom. The van der Waals surface area contributed by atoms with E-state index in [1.807, 2.05) is 0 Å². The van der Waals surface area contributed by atoms with Gasteiger partial charge in [0, 0.05) is 5.41 Å². The Balaban J connectivity index is 1.80. The van der Waals surface area contributed by atoms with Crippen molar-refractivity contribution in [3.63, 3.8) is 0 Å². The molecule has 0 aliphatic heterocycles. The summed E-state index contributed by atoms with van der Waals surface area (Å²) in [5.74, 6) is 0. The van der Waals surface area contributed by atoms with E-state index in [1.165, 1.54) is 90.8 Å². The molecule has 1 spiro atoms. The van der Waals surface area contributed by atoms with Crippen LogP contribution in [0.2, 0.25) is 0 Å². The van der Waals surface area contributed by atoms with Crippen molar-refractivity contribution in [2.45, 2.75) is 77.0 Å². The first kappa shape index (κ1) is 18.0. The largest absolute Gasteiger partial charge is 0.0616 e. The van der Waals surface area contributed by atoms with E-state index < -0.39 is 0 Å². The number of aryl methyl sites for hydroxylation is 2. The molecule has 0 unspecified atom stereocenters. The highest BCUT2D eigenvalue weighted by atomic mass is 14.5. The average molecular weight is 369 g/mol. The Morgan fingerprint density at radius 1 is 0.643 bits per heavy atom. The van der Waals surface area contributed by atoms with Crippen molar-refractivity contribution in [1.29, 1.82) is 0 Å². The summed E-state index contributed by atoms with van der Waals surface area (Å²) in [4.78, 5) is 0. The summed E-state index contributed by atoms with van der Waals surface area (Å²) < 4.78 is 0. The molecule has 2 aliphatic rings. The second-order valence-corrected chi connectivity index (χ2v) is 9.27. The fourth-order valence-electron chi connectivity index (χ4n) is 6.04. The van der Waals surface area contributed by atoms with Crippen molar-refractivity contribution in [2.24, 2.45) is 0 Å². The van der Waals surface area contributed by atoms with Crippen LogP contribution >= 0.6 is 0 Å². The zero-order valence-electron chi connectivity index (χ0n) is 17.5. The van der Waals surface area contributed by atoms with Crippen molar-refractivity contribution in [2.75, 3.05) is 0 Å². The Morgan fingerprint density at radius 2 is 1.29 bits per heavy atom. The van der Waals surface area contributed by atoms with Crippen molar-refractivity contribution in [3.05, 3.63) is 70.8 Å². The van der Waals surface area contributed by atoms with Crippen molar-refractivity contribution >= 4 is 10.8 Å². The second-order valence-electron chi connectivity index (χ2n) is 9.27. The Hall–Kier alpha value is -2.08. The fourth-order valence-corrected chi connectivity index (χ4v) is 6.04. The molecule has 0 heteroatoms. The number of hydrogen-bond acceptors (Lipinski definition) is 0. The van der Waals surface area contributed by atoms with E-state index in [4.69, 9.17) is 0 Å². The maximum Gasteiger partial charge on any atom is 0.0215 e. The lowest BCUT2D eigenvalue weighted by Gasteiger charge is -2.34. The molecule has 3 aromatic carbocycles. The summed E-state index contributed by atoms with van der Waals surface area (Å²) in [6, 6.07) is 18.9. The van der Waals surface area contributed by atoms with E-state index in [2.05, 4.69) is 62.4 Å². The number of benzene rings is 3. The van der Waals surface area contributed by atoms with Gasteiger partial charge < -0.3 is 0 Å². The average Bonchev–Trinajstić information content (AvgIpc) is 2.97. The topological polar surface area (TPSA) is 0 Å². The Bertz CT molecular complexity index is 1010. The van der Waals surface area contributed by atoms with Gasteiger partial charge in [-0.25, -0.2) is 0 Å². The SMILES string of the molecule is Cc1ccc2c(c1)C1(CCCCCCCCC1)c1cc(C)c3ccccc3c1-2. The molecule has 0 N–H and O–H groups in total. The van der Waals surface area contributed by atoms with E-state index >= 15 is 0 Å². The molecule has 1 fully saturated rings. The van der Waals surface area contributed by atoms with Crippen LogP contribution in [0.25, 0.3) is 21.9 Å². The van der Waals surface area contributed by atoms with Crippen LogP contribution in [-0.4, -0.2) is 0 Å². The number of fused-ring (bicyclic) bond motifs is 7. The minimum atomic E-state index is 0.225. The Labute approximate surface area is 170 Å². The van der Waals surface area contributed by atoms with Crippen LogP contribution in [0, 0.1) is 13.8 Å². The summed E-state index contributed by atoms with van der Waals surface area (Å²) in [5, 5.41) is 2.88. The molecule has 0 aromatic heterocycles. The molecule has 0 amide bonds. The van der Waals surface area contributed by atoms with Gasteiger partial charge in [-0.3, -0.25) is 0 Å². The summed E-state index contributed by atoms with van der Waals surface area (Å²) in [6.07, 6.45) is 12.4. The first-order chi connectivity index (χ1) is 13.7. The van der Waals surface area contributed by atoms with Crippen LogP contribution in [0.5, 0.6) is 0 Å². The molecule has 0 atom stereocenters. The molecule has 2 aliphatic carbocycles. The Kier molecular flexibility index (Phi) is 4.54. The van der Waals surface area contributed by atoms with E-state index in [0.29, 0.717) is 0 Å². The smallest absolute Gasteiger partial charge is 0.0215 e. The van der Waals surface area contributed by atoms with Gasteiger partial charge in [-0.05, 0) is 65.3 Å². The lowest BCUT2D eigenvalue weighted by molar-refractivity contribution is 0.384. The van der Waals surface area contributed by atoms with Crippen LogP contribution in [0.15, 0.2) is 48.5 Å². The van der Waals surface area contributed by atoms with Gasteiger partial charge in [0.1, 0.15) is 0 Å². The standard InChI is InChI=1S/C28H32/c1-20-14-15-24-25(18-20)28(16-10-6-4-3-5-7-11-17-28)26-19-21(2)22-12-8-9-13-23(22)27(24)26/h8-9,12-15,18-19H,3-7,10-11,16-17H2,1-2H3. The fraction of sp³-hybridized carbons (Fsp3) is 0.429. The van der Waals surface area contributed by atoms with E-state index in [1.54, 1.807) is 11.1 Å². The second kappa shape index (κ2) is 7.07. The summed E-state index contributed by atoms with van der Waals surface area (Å²) >= 11 is 0. The van der Waals surface area contributed by atoms with Gasteiger partial charge in [-0.15, -0.1) is 0 Å². The van der Waals surface area contributed by atoms with E-state index in [-0.39, 0.29) is 5.41 Å². The molecule has 5 rings (SSSR count). The summed E-state index contributed by atoms with van der Waals surface area (Å²) in [6.45, 7) is 4.57. The van der Waals surface area contributed by atoms with Crippen molar-refractivity contribution in [3.8, 4) is 11.1 Å². The van der Waals surface area contributed by atoms with Gasteiger partial charge in [-0.2, -0.15) is 0 Å². The lowest BCUT2D eigenvalue weighted by Crippen LogP contribution is -2.26. The highest BCUT2D eigenvalue weighted by Crippen LogP contribution is 2.56. The first-order valence-electron chi connectivity index (χ1n) is 11.3. The predicted molar refractivity (Wildman–Crippen MR) is 121 cm³/mol. The molecule has 1 saturated carbocycles. The monoisotopic (exact) mass is 368 g/mol. The molecule has 3 aromatic rings. The molecular weight excluding hydrogens is 336 g/mol. The molecule has 144 valence electrons. The molecule has 0 heterocycles. The summed E-state index contributed by atoms with van der Waals surface area (Å²) in [5.41, 5.74) is 9.37. The maximum atomic E-state index is 2.55. The minimum absolute atomic E-state index is 0.225. The van der Waals surface area contributed by atoms with Crippen molar-refractivity contribution < 1.29 is 0 Å². The number of rotatable bonds is 0. The molecule has 0 saturated heterocycles. The lowest BCUT2D eigenvalue weighted by atomic mass is 9.69. The third-order valence-corrected chi connectivity index (χ3v) is 7.43. The molecule has 28 heavy (non-hydrogen) atoms. The summed E-state index contributed by atoms with van der Waals surface area (Å²) in [7, 11) is 0. The van der Waals surface area contributed by atoms with Gasteiger partial charge in [0.15, 0.2) is 0 Å². The highest BCUT2D eigenvalue weighted by Gasteiger charge is 2.43.